The molecule has 1 aromatic heterocycles. The molecule has 0 saturated carbocycles. The molecule has 0 aliphatic carbocycles. The molecule has 0 bridgehead atoms. The average Bonchev–Trinajstić information content (AvgIpc) is 2.10. The van der Waals surface area contributed by atoms with Gasteiger partial charge in [-0.25, -0.2) is 4.98 Å². The molecule has 3 N–H and O–H groups in total. The number of carbonyl (C=O) groups excluding carboxylic acids is 1. The lowest BCUT2D eigenvalue weighted by Crippen LogP contribution is -2.09. The van der Waals surface area contributed by atoms with Gasteiger partial charge in [-0.2, -0.15) is 0 Å². The van der Waals surface area contributed by atoms with E-state index < -0.39 is 5.91 Å². The Morgan fingerprint density at radius 3 is 2.60 bits per heavy atom. The summed E-state index contributed by atoms with van der Waals surface area (Å²) < 4.78 is 0. The number of nitrogens with one attached hydrogen (secondary N) is 1. The molecule has 5 heteroatoms. The van der Waals surface area contributed by atoms with Gasteiger partial charge in [0.15, 0.2) is 0 Å². The molecule has 1 amide bonds. The summed E-state index contributed by atoms with van der Waals surface area (Å²) in [5.41, 5.74) is 12.6. The van der Waals surface area contributed by atoms with Gasteiger partial charge in [0.25, 0.3) is 5.91 Å². The fourth-order valence-electron chi connectivity index (χ4n) is 0.625. The van der Waals surface area contributed by atoms with Gasteiger partial charge >= 0.3 is 0 Å². The molecule has 0 unspecified atom stereocenters. The van der Waals surface area contributed by atoms with Crippen molar-refractivity contribution >= 4 is 22.4 Å². The first-order valence-corrected chi connectivity index (χ1v) is 3.41. The Morgan fingerprint density at radius 1 is 1.80 bits per heavy atom. The summed E-state index contributed by atoms with van der Waals surface area (Å²) in [6.45, 7) is 1.66. The minimum absolute atomic E-state index is 0.131. The number of thiazole rings is 1. The predicted octanol–water partition coefficient (Wildman–Crippen LogP) is 0.465. The van der Waals surface area contributed by atoms with Crippen LogP contribution in [0, 0.1) is 6.92 Å². The van der Waals surface area contributed by atoms with E-state index >= 15 is 0 Å². The van der Waals surface area contributed by atoms with Crippen molar-refractivity contribution in [2.75, 3.05) is 0 Å². The van der Waals surface area contributed by atoms with Gasteiger partial charge in [-0.15, -0.1) is 0 Å². The molecule has 0 atom stereocenters. The summed E-state index contributed by atoms with van der Waals surface area (Å²) in [5, 5.41) is 0.131. The Balaban J connectivity index is 3.15. The van der Waals surface area contributed by atoms with Gasteiger partial charge in [-0.05, 0) is 6.92 Å². The molecule has 1 rings (SSSR count). The van der Waals surface area contributed by atoms with E-state index in [-0.39, 0.29) is 5.13 Å². The summed E-state index contributed by atoms with van der Waals surface area (Å²) in [7, 11) is 0. The van der Waals surface area contributed by atoms with E-state index in [9.17, 15) is 4.79 Å². The lowest BCUT2D eigenvalue weighted by atomic mass is 10.4. The number of nitrogens with zero attached hydrogens (tertiary/aromatic N) is 1. The number of aryl methyl sites for hydroxylation is 1. The number of hydrogen-bond donors (Lipinski definition) is 1. The van der Waals surface area contributed by atoms with Crippen LogP contribution in [0.15, 0.2) is 0 Å². The third kappa shape index (κ3) is 1.08. The number of aromatic nitrogens is 1. The average molecular weight is 156 g/mol. The number of rotatable bonds is 1. The van der Waals surface area contributed by atoms with Gasteiger partial charge in [0, 0.05) is 0 Å². The first-order chi connectivity index (χ1) is 4.61. The van der Waals surface area contributed by atoms with E-state index in [1.54, 1.807) is 6.92 Å². The Hall–Kier alpha value is -1.10. The van der Waals surface area contributed by atoms with E-state index in [2.05, 4.69) is 4.98 Å². The minimum Gasteiger partial charge on any atom is -0.365 e. The fourth-order valence-corrected chi connectivity index (χ4v) is 1.29. The van der Waals surface area contributed by atoms with Gasteiger partial charge in [0.05, 0.1) is 5.69 Å². The SMILES string of the molecule is Cc1nc([NH])sc1C(N)=O. The van der Waals surface area contributed by atoms with Crippen LogP contribution in [0.2, 0.25) is 0 Å². The maximum absolute atomic E-state index is 10.5. The zero-order valence-electron chi connectivity index (χ0n) is 5.34. The van der Waals surface area contributed by atoms with E-state index in [0.29, 0.717) is 10.6 Å². The number of primary amides is 1. The van der Waals surface area contributed by atoms with Crippen molar-refractivity contribution in [1.82, 2.24) is 10.7 Å². The summed E-state index contributed by atoms with van der Waals surface area (Å²) in [6, 6.07) is 0. The molecule has 0 saturated heterocycles. The molecular weight excluding hydrogens is 150 g/mol. The Bertz CT molecular complexity index is 268. The maximum Gasteiger partial charge on any atom is 0.260 e. The Morgan fingerprint density at radius 2 is 2.40 bits per heavy atom. The lowest BCUT2D eigenvalue weighted by molar-refractivity contribution is 0.100. The number of hydrogen-bond acceptors (Lipinski definition) is 3. The molecular formula is C5H6N3OS. The van der Waals surface area contributed by atoms with Crippen molar-refractivity contribution in [2.45, 2.75) is 6.92 Å². The van der Waals surface area contributed by atoms with E-state index in [4.69, 9.17) is 11.5 Å². The molecule has 10 heavy (non-hydrogen) atoms. The highest BCUT2D eigenvalue weighted by molar-refractivity contribution is 7.17. The van der Waals surface area contributed by atoms with Crippen LogP contribution < -0.4 is 11.5 Å². The molecule has 0 aliphatic heterocycles. The molecule has 53 valence electrons. The monoisotopic (exact) mass is 156 g/mol. The highest BCUT2D eigenvalue weighted by atomic mass is 32.1. The molecule has 0 spiro atoms. The lowest BCUT2D eigenvalue weighted by Gasteiger charge is -1.85. The van der Waals surface area contributed by atoms with Gasteiger partial charge in [0.2, 0.25) is 5.13 Å². The minimum atomic E-state index is -0.506. The number of nitrogens with two attached hydrogens (primary N) is 1. The molecule has 1 heterocycles. The fraction of sp³-hybridized carbons (Fsp3) is 0.200. The zero-order chi connectivity index (χ0) is 7.72. The van der Waals surface area contributed by atoms with Crippen LogP contribution in [-0.2, 0) is 0 Å². The molecule has 4 nitrogen and oxygen atoms in total. The van der Waals surface area contributed by atoms with Crippen molar-refractivity contribution in [3.63, 3.8) is 0 Å². The van der Waals surface area contributed by atoms with Crippen LogP contribution in [-0.4, -0.2) is 10.9 Å². The topological polar surface area (TPSA) is 79.8 Å². The van der Waals surface area contributed by atoms with Crippen molar-refractivity contribution in [1.29, 1.82) is 0 Å². The van der Waals surface area contributed by atoms with Crippen LogP contribution in [0.5, 0.6) is 0 Å². The van der Waals surface area contributed by atoms with E-state index in [0.717, 1.165) is 11.3 Å². The molecule has 0 fully saturated rings. The van der Waals surface area contributed by atoms with E-state index in [1.807, 2.05) is 0 Å². The standard InChI is InChI=1S/C5H6N3OS/c1-2-3(4(6)9)10-5(7)8-2/h7H,1H3,(H2,6,9). The largest absolute Gasteiger partial charge is 0.365 e. The second-order valence-electron chi connectivity index (χ2n) is 1.80. The van der Waals surface area contributed by atoms with Crippen molar-refractivity contribution < 1.29 is 4.79 Å². The quantitative estimate of drug-likeness (QED) is 0.641. The summed E-state index contributed by atoms with van der Waals surface area (Å²) >= 11 is 1.00. The first kappa shape index (κ1) is 7.01. The summed E-state index contributed by atoms with van der Waals surface area (Å²) in [6.07, 6.45) is 0. The normalized spacial score (nSPS) is 9.70. The van der Waals surface area contributed by atoms with Crippen molar-refractivity contribution in [3.8, 4) is 0 Å². The van der Waals surface area contributed by atoms with Crippen LogP contribution in [0.3, 0.4) is 0 Å². The first-order valence-electron chi connectivity index (χ1n) is 2.60. The highest BCUT2D eigenvalue weighted by Crippen LogP contribution is 2.19. The predicted molar refractivity (Wildman–Crippen MR) is 38.1 cm³/mol. The van der Waals surface area contributed by atoms with Crippen LogP contribution in [0.25, 0.3) is 0 Å². The Labute approximate surface area is 61.9 Å². The zero-order valence-corrected chi connectivity index (χ0v) is 6.16. The van der Waals surface area contributed by atoms with Gasteiger partial charge in [-0.3, -0.25) is 10.5 Å². The van der Waals surface area contributed by atoms with Crippen LogP contribution in [0.1, 0.15) is 15.4 Å². The smallest absolute Gasteiger partial charge is 0.260 e. The molecule has 1 radical (unpaired) electrons. The van der Waals surface area contributed by atoms with Crippen LogP contribution in [0.4, 0.5) is 5.13 Å². The number of amides is 1. The molecule has 0 aliphatic rings. The number of carbonyl (C=O) groups is 1. The molecule has 1 aromatic rings. The van der Waals surface area contributed by atoms with Gasteiger partial charge in [-0.1, -0.05) is 11.3 Å². The van der Waals surface area contributed by atoms with Crippen molar-refractivity contribution in [3.05, 3.63) is 10.6 Å². The van der Waals surface area contributed by atoms with Crippen LogP contribution >= 0.6 is 11.3 Å². The second kappa shape index (κ2) is 2.26. The molecule has 0 aromatic carbocycles. The Kier molecular flexibility index (Phi) is 1.58. The third-order valence-corrected chi connectivity index (χ3v) is 2.01. The van der Waals surface area contributed by atoms with E-state index in [1.165, 1.54) is 0 Å². The van der Waals surface area contributed by atoms with Crippen molar-refractivity contribution in [2.24, 2.45) is 5.73 Å². The van der Waals surface area contributed by atoms with Gasteiger partial charge < -0.3 is 5.73 Å². The second-order valence-corrected chi connectivity index (χ2v) is 2.80. The van der Waals surface area contributed by atoms with Gasteiger partial charge in [0.1, 0.15) is 4.88 Å². The maximum atomic E-state index is 10.5. The third-order valence-electron chi connectivity index (χ3n) is 1.02. The summed E-state index contributed by atoms with van der Waals surface area (Å²) in [4.78, 5) is 14.6. The summed E-state index contributed by atoms with van der Waals surface area (Å²) in [5.74, 6) is -0.506. The highest BCUT2D eigenvalue weighted by Gasteiger charge is 2.09.